The number of ether oxygens (including phenoxy) is 1. The first-order valence-corrected chi connectivity index (χ1v) is 6.26. The summed E-state index contributed by atoms with van der Waals surface area (Å²) >= 11 is 0. The van der Waals surface area contributed by atoms with Crippen molar-refractivity contribution in [1.29, 1.82) is 0 Å². The maximum atomic E-state index is 5.68. The van der Waals surface area contributed by atoms with Gasteiger partial charge in [-0.1, -0.05) is 5.16 Å². The van der Waals surface area contributed by atoms with Gasteiger partial charge in [0.25, 0.3) is 0 Å². The molecule has 1 saturated heterocycles. The predicted molar refractivity (Wildman–Crippen MR) is 64.2 cm³/mol. The largest absolute Gasteiger partial charge is 0.423 e. The van der Waals surface area contributed by atoms with E-state index in [1.165, 1.54) is 0 Å². The highest BCUT2D eigenvalue weighted by molar-refractivity contribution is 5.11. The van der Waals surface area contributed by atoms with E-state index in [0.29, 0.717) is 18.4 Å². The van der Waals surface area contributed by atoms with Crippen LogP contribution in [-0.4, -0.2) is 40.0 Å². The van der Waals surface area contributed by atoms with Crippen LogP contribution in [0.5, 0.6) is 0 Å². The predicted octanol–water partition coefficient (Wildman–Crippen LogP) is 1.25. The van der Waals surface area contributed by atoms with Gasteiger partial charge < -0.3 is 13.7 Å². The quantitative estimate of drug-likeness (QED) is 0.825. The molecule has 0 amide bonds. The number of aryl methyl sites for hydroxylation is 2. The summed E-state index contributed by atoms with van der Waals surface area (Å²) in [5.41, 5.74) is 1.10. The van der Waals surface area contributed by atoms with E-state index in [-0.39, 0.29) is 6.10 Å². The lowest BCUT2D eigenvalue weighted by Crippen LogP contribution is -2.38. The molecule has 3 rings (SSSR count). The smallest absolute Gasteiger partial charge is 0.246 e. The number of aromatic nitrogens is 3. The monoisotopic (exact) mass is 264 g/mol. The minimum atomic E-state index is -0.157. The first-order chi connectivity index (χ1) is 9.22. The molecule has 1 fully saturated rings. The van der Waals surface area contributed by atoms with Gasteiger partial charge in [-0.3, -0.25) is 4.90 Å². The molecule has 19 heavy (non-hydrogen) atoms. The van der Waals surface area contributed by atoms with Crippen LogP contribution in [0.4, 0.5) is 0 Å². The number of nitrogens with zero attached hydrogens (tertiary/aromatic N) is 4. The normalized spacial score (nSPS) is 20.8. The van der Waals surface area contributed by atoms with Crippen LogP contribution < -0.4 is 0 Å². The minimum Gasteiger partial charge on any atom is -0.423 e. The third-order valence-electron chi connectivity index (χ3n) is 3.21. The van der Waals surface area contributed by atoms with Gasteiger partial charge >= 0.3 is 0 Å². The number of rotatable bonds is 3. The summed E-state index contributed by atoms with van der Waals surface area (Å²) in [5, 5.41) is 11.6. The number of hydrogen-bond acceptors (Lipinski definition) is 7. The third kappa shape index (κ3) is 2.66. The molecule has 0 aromatic carbocycles. The van der Waals surface area contributed by atoms with Gasteiger partial charge in [0.1, 0.15) is 11.9 Å². The molecule has 1 aliphatic rings. The van der Waals surface area contributed by atoms with Crippen molar-refractivity contribution in [1.82, 2.24) is 20.3 Å². The summed E-state index contributed by atoms with van der Waals surface area (Å²) in [7, 11) is 0. The Morgan fingerprint density at radius 1 is 1.37 bits per heavy atom. The number of hydrogen-bond donors (Lipinski definition) is 0. The summed E-state index contributed by atoms with van der Waals surface area (Å²) in [4.78, 5) is 2.27. The fraction of sp³-hybridized carbons (Fsp3) is 0.583. The fourth-order valence-electron chi connectivity index (χ4n) is 2.15. The van der Waals surface area contributed by atoms with E-state index in [1.807, 2.05) is 6.92 Å². The highest BCUT2D eigenvalue weighted by Crippen LogP contribution is 2.22. The van der Waals surface area contributed by atoms with Gasteiger partial charge in [0.2, 0.25) is 11.8 Å². The van der Waals surface area contributed by atoms with E-state index in [9.17, 15) is 0 Å². The molecule has 7 heteroatoms. The highest BCUT2D eigenvalue weighted by atomic mass is 16.5. The second kappa shape index (κ2) is 5.10. The molecular weight excluding hydrogens is 248 g/mol. The van der Waals surface area contributed by atoms with Crippen LogP contribution in [0, 0.1) is 13.8 Å². The Hall–Kier alpha value is -1.73. The van der Waals surface area contributed by atoms with Gasteiger partial charge in [0.15, 0.2) is 0 Å². The Morgan fingerprint density at radius 2 is 2.26 bits per heavy atom. The van der Waals surface area contributed by atoms with Crippen molar-refractivity contribution in [3.63, 3.8) is 0 Å². The Balaban J connectivity index is 1.66. The van der Waals surface area contributed by atoms with Crippen molar-refractivity contribution in [3.05, 3.63) is 29.3 Å². The molecule has 0 bridgehead atoms. The van der Waals surface area contributed by atoms with E-state index in [1.54, 1.807) is 13.1 Å². The van der Waals surface area contributed by atoms with E-state index >= 15 is 0 Å². The average Bonchev–Trinajstić information content (AvgIpc) is 3.00. The molecule has 7 nitrogen and oxygen atoms in total. The second-order valence-electron chi connectivity index (χ2n) is 4.66. The van der Waals surface area contributed by atoms with E-state index in [4.69, 9.17) is 13.7 Å². The average molecular weight is 264 g/mol. The highest BCUT2D eigenvalue weighted by Gasteiger charge is 2.26. The fourth-order valence-corrected chi connectivity index (χ4v) is 2.15. The second-order valence-corrected chi connectivity index (χ2v) is 4.66. The molecule has 102 valence electrons. The van der Waals surface area contributed by atoms with Gasteiger partial charge in [-0.15, -0.1) is 10.2 Å². The Bertz CT molecular complexity index is 551. The van der Waals surface area contributed by atoms with E-state index in [2.05, 4.69) is 20.3 Å². The van der Waals surface area contributed by atoms with Crippen LogP contribution in [0.3, 0.4) is 0 Å². The van der Waals surface area contributed by atoms with Crippen LogP contribution in [0.2, 0.25) is 0 Å². The summed E-state index contributed by atoms with van der Waals surface area (Å²) in [6.45, 7) is 6.73. The van der Waals surface area contributed by atoms with Gasteiger partial charge in [0, 0.05) is 32.1 Å². The zero-order valence-electron chi connectivity index (χ0n) is 11.0. The molecule has 2 aromatic heterocycles. The molecule has 3 heterocycles. The van der Waals surface area contributed by atoms with E-state index in [0.717, 1.165) is 31.0 Å². The van der Waals surface area contributed by atoms with Crippen LogP contribution in [0.25, 0.3) is 0 Å². The molecular formula is C12H16N4O3. The molecule has 0 radical (unpaired) electrons. The lowest BCUT2D eigenvalue weighted by atomic mass is 10.2. The van der Waals surface area contributed by atoms with Crippen molar-refractivity contribution in [2.24, 2.45) is 0 Å². The molecule has 0 spiro atoms. The molecule has 1 unspecified atom stereocenters. The molecule has 0 N–H and O–H groups in total. The maximum absolute atomic E-state index is 5.68. The van der Waals surface area contributed by atoms with Crippen molar-refractivity contribution in [2.45, 2.75) is 26.5 Å². The van der Waals surface area contributed by atoms with Gasteiger partial charge in [-0.25, -0.2) is 0 Å². The molecule has 1 aliphatic heterocycles. The Kier molecular flexibility index (Phi) is 3.31. The molecule has 2 aromatic rings. The van der Waals surface area contributed by atoms with Crippen LogP contribution in [-0.2, 0) is 11.3 Å². The Morgan fingerprint density at radius 3 is 2.95 bits per heavy atom. The number of morpholine rings is 1. The lowest BCUT2D eigenvalue weighted by molar-refractivity contribution is -0.0458. The first kappa shape index (κ1) is 12.3. The van der Waals surface area contributed by atoms with Gasteiger partial charge in [0.05, 0.1) is 12.8 Å². The topological polar surface area (TPSA) is 77.4 Å². The van der Waals surface area contributed by atoms with Crippen molar-refractivity contribution in [2.75, 3.05) is 19.7 Å². The SMILES string of the molecule is Cc1nnc(C2CN(Cc3cnoc3C)CCO2)o1. The van der Waals surface area contributed by atoms with Gasteiger partial charge in [-0.05, 0) is 6.92 Å². The zero-order valence-corrected chi connectivity index (χ0v) is 11.0. The van der Waals surface area contributed by atoms with Crippen molar-refractivity contribution < 1.29 is 13.7 Å². The summed E-state index contributed by atoms with van der Waals surface area (Å²) < 4.78 is 16.2. The molecule has 1 atom stereocenters. The lowest BCUT2D eigenvalue weighted by Gasteiger charge is -2.30. The molecule has 0 saturated carbocycles. The first-order valence-electron chi connectivity index (χ1n) is 6.26. The molecule has 0 aliphatic carbocycles. The minimum absolute atomic E-state index is 0.157. The van der Waals surface area contributed by atoms with Crippen LogP contribution in [0.1, 0.15) is 29.2 Å². The van der Waals surface area contributed by atoms with Gasteiger partial charge in [-0.2, -0.15) is 0 Å². The van der Waals surface area contributed by atoms with E-state index < -0.39 is 0 Å². The summed E-state index contributed by atoms with van der Waals surface area (Å²) in [6, 6.07) is 0. The standard InChI is InChI=1S/C12H16N4O3/c1-8-10(5-13-19-8)6-16-3-4-17-11(7-16)12-15-14-9(2)18-12/h5,11H,3-4,6-7H2,1-2H3. The summed E-state index contributed by atoms with van der Waals surface area (Å²) in [6.07, 6.45) is 1.60. The van der Waals surface area contributed by atoms with Crippen molar-refractivity contribution >= 4 is 0 Å². The maximum Gasteiger partial charge on any atom is 0.246 e. The zero-order chi connectivity index (χ0) is 13.2. The summed E-state index contributed by atoms with van der Waals surface area (Å²) in [5.74, 6) is 1.96. The third-order valence-corrected chi connectivity index (χ3v) is 3.21. The van der Waals surface area contributed by atoms with Crippen molar-refractivity contribution in [3.8, 4) is 0 Å². The van der Waals surface area contributed by atoms with Crippen LogP contribution >= 0.6 is 0 Å². The Labute approximate surface area is 110 Å². The van der Waals surface area contributed by atoms with Crippen LogP contribution in [0.15, 0.2) is 15.1 Å².